The summed E-state index contributed by atoms with van der Waals surface area (Å²) in [7, 11) is 1.63. The molecule has 1 aliphatic heterocycles. The van der Waals surface area contributed by atoms with Crippen LogP contribution >= 0.6 is 11.6 Å². The fraction of sp³-hybridized carbons (Fsp3) is 0.533. The Morgan fingerprint density at radius 1 is 0.705 bits per heavy atom. The second-order valence-electron chi connectivity index (χ2n) is 16.8. The highest BCUT2D eigenvalue weighted by atomic mass is 35.5. The van der Waals surface area contributed by atoms with Gasteiger partial charge in [0.25, 0.3) is 11.8 Å². The van der Waals surface area contributed by atoms with Crippen molar-refractivity contribution >= 4 is 59.0 Å². The fourth-order valence-electron chi connectivity index (χ4n) is 10.2. The van der Waals surface area contributed by atoms with E-state index in [1.807, 2.05) is 6.07 Å². The first kappa shape index (κ1) is 43.6. The van der Waals surface area contributed by atoms with Crippen LogP contribution in [0, 0.1) is 29.6 Å². The highest BCUT2D eigenvalue weighted by molar-refractivity contribution is 6.33. The predicted octanol–water partition coefficient (Wildman–Crippen LogP) is 6.09. The van der Waals surface area contributed by atoms with Gasteiger partial charge >= 0.3 is 29.8 Å². The second-order valence-corrected chi connectivity index (χ2v) is 17.1. The first-order chi connectivity index (χ1) is 29.1. The molecule has 2 aromatic rings. The number of ether oxygens (including phenoxy) is 6. The molecule has 1 heterocycles. The first-order valence-electron chi connectivity index (χ1n) is 20.7. The summed E-state index contributed by atoms with van der Waals surface area (Å²) in [5.74, 6) is -2.54. The van der Waals surface area contributed by atoms with Gasteiger partial charge < -0.3 is 33.3 Å². The second kappa shape index (κ2) is 18.3. The number of methoxy groups -OCH3 is 1. The molecule has 8 rings (SSSR count). The molecule has 0 aromatic heterocycles. The number of carbonyl (C=O) groups excluding carboxylic acids is 7. The van der Waals surface area contributed by atoms with Crippen molar-refractivity contribution in [3.63, 3.8) is 0 Å². The van der Waals surface area contributed by atoms with Crippen LogP contribution in [0.15, 0.2) is 42.0 Å². The standard InChI is InChI=1S/C45H50ClNO14/c1-22(48)56-21-33-20-36(43(58-24(3)50)44(59-25(4)51)41(33)57-23(2)49)60-35-19-29(12-26-6-8-30(9-7-26)45(54)61-47-37(52)10-11-38(47)53)18-34(40(35)46)42(55-5)39-31-14-27-13-28(16-31)17-32(39)15-27/h6-9,18-19,27-28,31-33,36,41,43-44H,10-17,20-21H2,1-5H3/t27?,28?,31?,32?,33?,36-,41+,43?,44?/m1/s1. The van der Waals surface area contributed by atoms with Crippen LogP contribution in [0.1, 0.15) is 106 Å². The third kappa shape index (κ3) is 9.71. The lowest BCUT2D eigenvalue weighted by Crippen LogP contribution is -2.60. The molecule has 1 saturated heterocycles. The van der Waals surface area contributed by atoms with E-state index >= 15 is 0 Å². The Morgan fingerprint density at radius 2 is 1.28 bits per heavy atom. The van der Waals surface area contributed by atoms with Crippen LogP contribution in [0.5, 0.6) is 5.75 Å². The zero-order valence-corrected chi connectivity index (χ0v) is 35.5. The molecule has 4 bridgehead atoms. The summed E-state index contributed by atoms with van der Waals surface area (Å²) in [6.45, 7) is 4.56. The molecule has 326 valence electrons. The van der Waals surface area contributed by atoms with Crippen LogP contribution in [-0.2, 0) is 63.7 Å². The van der Waals surface area contributed by atoms with Gasteiger partial charge in [-0.3, -0.25) is 28.8 Å². The number of carbonyl (C=O) groups is 7. The Labute approximate surface area is 358 Å². The van der Waals surface area contributed by atoms with E-state index in [9.17, 15) is 33.6 Å². The minimum atomic E-state index is -1.34. The predicted molar refractivity (Wildman–Crippen MR) is 214 cm³/mol. The summed E-state index contributed by atoms with van der Waals surface area (Å²) in [6.07, 6.45) is 1.05. The number of amides is 2. The van der Waals surface area contributed by atoms with E-state index in [-0.39, 0.29) is 42.2 Å². The number of benzene rings is 2. The van der Waals surface area contributed by atoms with Gasteiger partial charge in [0.05, 0.1) is 24.3 Å². The third-order valence-corrected chi connectivity index (χ3v) is 12.7. The number of nitrogens with zero attached hydrogens (tertiary/aromatic N) is 1. The van der Waals surface area contributed by atoms with Gasteiger partial charge in [-0.1, -0.05) is 23.7 Å². The maximum Gasteiger partial charge on any atom is 0.363 e. The number of hydrogen-bond donors (Lipinski definition) is 0. The van der Waals surface area contributed by atoms with E-state index in [0.29, 0.717) is 46.5 Å². The number of imide groups is 1. The van der Waals surface area contributed by atoms with Gasteiger partial charge in [0.15, 0.2) is 12.2 Å². The van der Waals surface area contributed by atoms with E-state index in [1.165, 1.54) is 51.8 Å². The average molecular weight is 864 g/mol. The summed E-state index contributed by atoms with van der Waals surface area (Å²) in [5.41, 5.74) is 3.50. The molecule has 2 aromatic carbocycles. The summed E-state index contributed by atoms with van der Waals surface area (Å²) in [6, 6.07) is 10.2. The lowest BCUT2D eigenvalue weighted by molar-refractivity contribution is -0.213. The summed E-state index contributed by atoms with van der Waals surface area (Å²) >= 11 is 7.37. The van der Waals surface area contributed by atoms with E-state index in [0.717, 1.165) is 36.8 Å². The van der Waals surface area contributed by atoms with Crippen LogP contribution in [0.25, 0.3) is 5.76 Å². The molecular weight excluding hydrogens is 814 g/mol. The molecule has 61 heavy (non-hydrogen) atoms. The normalized spacial score (nSPS) is 27.6. The van der Waals surface area contributed by atoms with Gasteiger partial charge in [-0.2, -0.15) is 0 Å². The lowest BCUT2D eigenvalue weighted by Gasteiger charge is -2.51. The highest BCUT2D eigenvalue weighted by Gasteiger charge is 2.53. The summed E-state index contributed by atoms with van der Waals surface area (Å²) in [5, 5.41) is 0.732. The zero-order valence-electron chi connectivity index (χ0n) is 34.8. The van der Waals surface area contributed by atoms with E-state index < -0.39 is 72.0 Å². The number of allylic oxidation sites excluding steroid dienone is 1. The van der Waals surface area contributed by atoms with Gasteiger partial charge in [0.1, 0.15) is 23.7 Å². The van der Waals surface area contributed by atoms with Crippen LogP contribution in [0.2, 0.25) is 5.02 Å². The highest BCUT2D eigenvalue weighted by Crippen LogP contribution is 2.58. The fourth-order valence-corrected chi connectivity index (χ4v) is 10.4. The molecule has 0 N–H and O–H groups in total. The topological polar surface area (TPSA) is 187 Å². The molecule has 5 aliphatic carbocycles. The van der Waals surface area contributed by atoms with Gasteiger partial charge in [-0.25, -0.2) is 4.79 Å². The molecule has 0 spiro atoms. The van der Waals surface area contributed by atoms with Crippen molar-refractivity contribution in [2.75, 3.05) is 13.7 Å². The SMILES string of the molecule is COC(=C1C2CC3CC(C2)CC1C3)c1cc(Cc2ccc(C(=O)ON3C(=O)CCC3=O)cc2)cc(O[C@@H]2CC(COC(C)=O)[C@H](OC(C)=O)C(OC(C)=O)C2OC(C)=O)c1Cl. The van der Waals surface area contributed by atoms with Crippen molar-refractivity contribution in [3.05, 3.63) is 69.2 Å². The van der Waals surface area contributed by atoms with Gasteiger partial charge in [-0.15, -0.1) is 5.06 Å². The summed E-state index contributed by atoms with van der Waals surface area (Å²) in [4.78, 5) is 91.5. The molecule has 5 saturated carbocycles. The van der Waals surface area contributed by atoms with Crippen LogP contribution in [0.3, 0.4) is 0 Å². The average Bonchev–Trinajstić information content (AvgIpc) is 3.50. The lowest BCUT2D eigenvalue weighted by atomic mass is 9.54. The van der Waals surface area contributed by atoms with Gasteiger partial charge in [0, 0.05) is 52.0 Å². The Morgan fingerprint density at radius 3 is 1.84 bits per heavy atom. The van der Waals surface area contributed by atoms with Crippen LogP contribution in [0.4, 0.5) is 0 Å². The minimum absolute atomic E-state index is 0.0220. The number of esters is 4. The molecule has 3 unspecified atom stereocenters. The smallest absolute Gasteiger partial charge is 0.363 e. The Kier molecular flexibility index (Phi) is 13.1. The van der Waals surface area contributed by atoms with Crippen molar-refractivity contribution in [2.45, 2.75) is 110 Å². The number of halogens is 1. The molecule has 5 atom stereocenters. The van der Waals surface area contributed by atoms with Crippen molar-refractivity contribution < 1.29 is 66.8 Å². The molecule has 6 fully saturated rings. The number of rotatable bonds is 13. The van der Waals surface area contributed by atoms with Crippen molar-refractivity contribution in [3.8, 4) is 5.75 Å². The Balaban J connectivity index is 1.27. The van der Waals surface area contributed by atoms with Crippen LogP contribution in [-0.4, -0.2) is 84.9 Å². The molecule has 16 heteroatoms. The van der Waals surface area contributed by atoms with Gasteiger partial charge in [-0.05, 0) is 110 Å². The minimum Gasteiger partial charge on any atom is -0.496 e. The van der Waals surface area contributed by atoms with Crippen molar-refractivity contribution in [1.82, 2.24) is 5.06 Å². The maximum absolute atomic E-state index is 12.9. The Bertz CT molecular complexity index is 2080. The summed E-state index contributed by atoms with van der Waals surface area (Å²) < 4.78 is 35.6. The molecule has 0 radical (unpaired) electrons. The first-order valence-corrected chi connectivity index (χ1v) is 21.1. The molecule has 6 aliphatic rings. The van der Waals surface area contributed by atoms with E-state index in [2.05, 4.69) is 0 Å². The number of hydrogen-bond acceptors (Lipinski definition) is 14. The maximum atomic E-state index is 12.9. The van der Waals surface area contributed by atoms with Crippen molar-refractivity contribution in [1.29, 1.82) is 0 Å². The largest absolute Gasteiger partial charge is 0.496 e. The van der Waals surface area contributed by atoms with Crippen LogP contribution < -0.4 is 4.74 Å². The quantitative estimate of drug-likeness (QED) is 0.0974. The van der Waals surface area contributed by atoms with Crippen molar-refractivity contribution in [2.24, 2.45) is 29.6 Å². The monoisotopic (exact) mass is 863 g/mol. The molecule has 2 amide bonds. The number of hydroxylamine groups is 2. The third-order valence-electron chi connectivity index (χ3n) is 12.3. The van der Waals surface area contributed by atoms with E-state index in [1.54, 1.807) is 25.3 Å². The van der Waals surface area contributed by atoms with E-state index in [4.69, 9.17) is 44.9 Å². The Hall–Kier alpha value is -5.44. The molecule has 15 nitrogen and oxygen atoms in total. The zero-order chi connectivity index (χ0) is 43.7. The van der Waals surface area contributed by atoms with Gasteiger partial charge in [0.2, 0.25) is 0 Å². The molecular formula is C45H50ClNO14.